The molecule has 0 aliphatic heterocycles. The minimum Gasteiger partial charge on any atom is -0.388 e. The standard InChI is InChI=1S/C20H29NO2/c1-2-19-9-7-16-15-6-4-14(22)11-13(15)3-5-17(16)18(19)8-10-20(19,23)12-21/h11,17-18,23H,2-10,12,21H2,1H3/t17-,18+,19+,20-/m1/s1. The number of allylic oxidation sites excluding steroid dienone is 4. The van der Waals surface area contributed by atoms with Gasteiger partial charge in [0.05, 0.1) is 5.60 Å². The average Bonchev–Trinajstić information content (AvgIpc) is 2.88. The van der Waals surface area contributed by atoms with E-state index in [2.05, 4.69) is 6.92 Å². The lowest BCUT2D eigenvalue weighted by atomic mass is 9.53. The molecule has 0 amide bonds. The molecule has 4 atom stereocenters. The number of carbonyl (C=O) groups excluding carboxylic acids is 1. The van der Waals surface area contributed by atoms with Crippen molar-refractivity contribution in [3.8, 4) is 0 Å². The van der Waals surface area contributed by atoms with Crippen LogP contribution in [0, 0.1) is 17.3 Å². The highest BCUT2D eigenvalue weighted by Gasteiger charge is 2.61. The summed E-state index contributed by atoms with van der Waals surface area (Å²) in [7, 11) is 0. The first-order valence-corrected chi connectivity index (χ1v) is 9.43. The molecule has 3 nitrogen and oxygen atoms in total. The number of hydrogen-bond acceptors (Lipinski definition) is 3. The zero-order chi connectivity index (χ0) is 16.2. The maximum atomic E-state index is 11.7. The van der Waals surface area contributed by atoms with Gasteiger partial charge in [0, 0.05) is 18.4 Å². The minimum absolute atomic E-state index is 0.0161. The molecule has 3 N–H and O–H groups in total. The topological polar surface area (TPSA) is 63.3 Å². The van der Waals surface area contributed by atoms with E-state index in [4.69, 9.17) is 5.73 Å². The summed E-state index contributed by atoms with van der Waals surface area (Å²) in [5.74, 6) is 1.50. The number of nitrogens with two attached hydrogens (primary N) is 1. The van der Waals surface area contributed by atoms with Crippen molar-refractivity contribution in [2.75, 3.05) is 6.54 Å². The van der Waals surface area contributed by atoms with Crippen LogP contribution in [0.25, 0.3) is 0 Å². The summed E-state index contributed by atoms with van der Waals surface area (Å²) in [6.07, 6.45) is 10.9. The second kappa shape index (κ2) is 5.29. The molecule has 126 valence electrons. The Balaban J connectivity index is 1.75. The summed E-state index contributed by atoms with van der Waals surface area (Å²) >= 11 is 0. The molecular formula is C20H29NO2. The predicted molar refractivity (Wildman–Crippen MR) is 90.8 cm³/mol. The van der Waals surface area contributed by atoms with E-state index >= 15 is 0 Å². The van der Waals surface area contributed by atoms with Crippen LogP contribution < -0.4 is 5.73 Å². The second-order valence-corrected chi connectivity index (χ2v) is 8.18. The Labute approximate surface area is 139 Å². The molecule has 0 aromatic carbocycles. The van der Waals surface area contributed by atoms with Crippen molar-refractivity contribution < 1.29 is 9.90 Å². The van der Waals surface area contributed by atoms with Crippen LogP contribution in [0.5, 0.6) is 0 Å². The molecule has 4 aliphatic rings. The number of carbonyl (C=O) groups is 1. The number of rotatable bonds is 2. The molecule has 4 aliphatic carbocycles. The van der Waals surface area contributed by atoms with Gasteiger partial charge >= 0.3 is 0 Å². The van der Waals surface area contributed by atoms with E-state index in [-0.39, 0.29) is 5.41 Å². The van der Waals surface area contributed by atoms with E-state index in [0.29, 0.717) is 30.6 Å². The van der Waals surface area contributed by atoms with Crippen LogP contribution in [-0.2, 0) is 4.79 Å². The first kappa shape index (κ1) is 15.6. The van der Waals surface area contributed by atoms with Crippen molar-refractivity contribution in [3.05, 3.63) is 22.8 Å². The lowest BCUT2D eigenvalue weighted by Gasteiger charge is -2.53. The SMILES string of the molecule is CC[C@]12CCC3=C4CCC(=O)C=C4CC[C@H]3[C@@H]1CC[C@@]2(O)CN. The van der Waals surface area contributed by atoms with Gasteiger partial charge in [0.15, 0.2) is 5.78 Å². The number of ketones is 1. The van der Waals surface area contributed by atoms with Gasteiger partial charge < -0.3 is 10.8 Å². The molecule has 3 heteroatoms. The number of fused-ring (bicyclic) bond motifs is 4. The Morgan fingerprint density at radius 1 is 1.22 bits per heavy atom. The lowest BCUT2D eigenvalue weighted by Crippen LogP contribution is -2.55. The van der Waals surface area contributed by atoms with E-state index < -0.39 is 5.60 Å². The van der Waals surface area contributed by atoms with Gasteiger partial charge in [0.2, 0.25) is 0 Å². The Kier molecular flexibility index (Phi) is 3.58. The third-order valence-corrected chi connectivity index (χ3v) is 7.70. The van der Waals surface area contributed by atoms with E-state index in [1.54, 1.807) is 5.57 Å². The van der Waals surface area contributed by atoms with Crippen molar-refractivity contribution in [3.63, 3.8) is 0 Å². The molecule has 0 aromatic rings. The Hall–Kier alpha value is -0.930. The molecule has 0 heterocycles. The van der Waals surface area contributed by atoms with E-state index in [1.807, 2.05) is 6.08 Å². The monoisotopic (exact) mass is 315 g/mol. The Morgan fingerprint density at radius 2 is 2.04 bits per heavy atom. The van der Waals surface area contributed by atoms with Crippen LogP contribution in [0.15, 0.2) is 22.8 Å². The van der Waals surface area contributed by atoms with E-state index in [1.165, 1.54) is 11.1 Å². The molecule has 0 spiro atoms. The quantitative estimate of drug-likeness (QED) is 0.822. The summed E-state index contributed by atoms with van der Waals surface area (Å²) in [5.41, 5.74) is 9.83. The highest BCUT2D eigenvalue weighted by atomic mass is 16.3. The Bertz CT molecular complexity index is 605. The number of aliphatic hydroxyl groups is 1. The fraction of sp³-hybridized carbons (Fsp3) is 0.750. The zero-order valence-electron chi connectivity index (χ0n) is 14.2. The fourth-order valence-corrected chi connectivity index (χ4v) is 6.54. The first-order chi connectivity index (χ1) is 11.0. The molecule has 0 unspecified atom stereocenters. The fourth-order valence-electron chi connectivity index (χ4n) is 6.54. The van der Waals surface area contributed by atoms with Gasteiger partial charge in [-0.05, 0) is 80.4 Å². The summed E-state index contributed by atoms with van der Waals surface area (Å²) in [6, 6.07) is 0. The van der Waals surface area contributed by atoms with Gasteiger partial charge in [-0.1, -0.05) is 12.5 Å². The molecule has 2 saturated carbocycles. The summed E-state index contributed by atoms with van der Waals surface area (Å²) in [6.45, 7) is 2.64. The van der Waals surface area contributed by atoms with Crippen LogP contribution in [0.4, 0.5) is 0 Å². The smallest absolute Gasteiger partial charge is 0.156 e. The highest BCUT2D eigenvalue weighted by Crippen LogP contribution is 2.64. The molecule has 0 radical (unpaired) electrons. The van der Waals surface area contributed by atoms with Gasteiger partial charge in [-0.25, -0.2) is 0 Å². The van der Waals surface area contributed by atoms with Gasteiger partial charge in [-0.15, -0.1) is 0 Å². The van der Waals surface area contributed by atoms with Gasteiger partial charge in [0.25, 0.3) is 0 Å². The van der Waals surface area contributed by atoms with Gasteiger partial charge in [-0.2, -0.15) is 0 Å². The molecule has 0 saturated heterocycles. The normalized spacial score (nSPS) is 42.9. The molecule has 0 aromatic heterocycles. The van der Waals surface area contributed by atoms with Crippen LogP contribution in [-0.4, -0.2) is 23.0 Å². The van der Waals surface area contributed by atoms with Gasteiger partial charge in [-0.3, -0.25) is 4.79 Å². The molecule has 0 bridgehead atoms. The average molecular weight is 315 g/mol. The highest BCUT2D eigenvalue weighted by molar-refractivity contribution is 5.93. The summed E-state index contributed by atoms with van der Waals surface area (Å²) in [4.78, 5) is 11.7. The maximum absolute atomic E-state index is 11.7. The second-order valence-electron chi connectivity index (χ2n) is 8.18. The summed E-state index contributed by atoms with van der Waals surface area (Å²) in [5, 5.41) is 11.2. The predicted octanol–water partition coefficient (Wildman–Crippen LogP) is 3.27. The third-order valence-electron chi connectivity index (χ3n) is 7.70. The van der Waals surface area contributed by atoms with Crippen LogP contribution in [0.2, 0.25) is 0 Å². The van der Waals surface area contributed by atoms with Crippen LogP contribution in [0.1, 0.15) is 64.7 Å². The maximum Gasteiger partial charge on any atom is 0.156 e. The van der Waals surface area contributed by atoms with Crippen molar-refractivity contribution in [2.24, 2.45) is 23.0 Å². The largest absolute Gasteiger partial charge is 0.388 e. The lowest BCUT2D eigenvalue weighted by molar-refractivity contribution is -0.114. The first-order valence-electron chi connectivity index (χ1n) is 9.43. The van der Waals surface area contributed by atoms with Crippen molar-refractivity contribution in [1.29, 1.82) is 0 Å². The third kappa shape index (κ3) is 1.99. The zero-order valence-corrected chi connectivity index (χ0v) is 14.2. The molecule has 4 rings (SSSR count). The molecule has 2 fully saturated rings. The van der Waals surface area contributed by atoms with Crippen molar-refractivity contribution >= 4 is 5.78 Å². The van der Waals surface area contributed by atoms with Crippen LogP contribution >= 0.6 is 0 Å². The summed E-state index contributed by atoms with van der Waals surface area (Å²) < 4.78 is 0. The van der Waals surface area contributed by atoms with E-state index in [0.717, 1.165) is 51.4 Å². The van der Waals surface area contributed by atoms with E-state index in [9.17, 15) is 9.90 Å². The van der Waals surface area contributed by atoms with Crippen molar-refractivity contribution in [1.82, 2.24) is 0 Å². The molecular weight excluding hydrogens is 286 g/mol. The minimum atomic E-state index is -0.665. The van der Waals surface area contributed by atoms with Crippen LogP contribution in [0.3, 0.4) is 0 Å². The number of hydrogen-bond donors (Lipinski definition) is 2. The van der Waals surface area contributed by atoms with Crippen molar-refractivity contribution in [2.45, 2.75) is 70.3 Å². The molecule has 23 heavy (non-hydrogen) atoms. The Morgan fingerprint density at radius 3 is 2.78 bits per heavy atom. The van der Waals surface area contributed by atoms with Gasteiger partial charge in [0.1, 0.15) is 0 Å².